The summed E-state index contributed by atoms with van der Waals surface area (Å²) in [4.78, 5) is 30.3. The molecule has 24 heavy (non-hydrogen) atoms. The maximum Gasteiger partial charge on any atom is 0.247 e. The van der Waals surface area contributed by atoms with Crippen LogP contribution in [0.2, 0.25) is 0 Å². The van der Waals surface area contributed by atoms with Crippen LogP contribution in [0.4, 0.5) is 5.69 Å². The quantitative estimate of drug-likeness (QED) is 0.937. The molecule has 124 valence electrons. The van der Waals surface area contributed by atoms with Crippen LogP contribution in [0.5, 0.6) is 5.88 Å². The number of pyridine rings is 1. The van der Waals surface area contributed by atoms with E-state index < -0.39 is 6.04 Å². The minimum absolute atomic E-state index is 0.113. The Labute approximate surface area is 140 Å². The number of hydrogen-bond acceptors (Lipinski definition) is 4. The highest BCUT2D eigenvalue weighted by Crippen LogP contribution is 2.24. The summed E-state index contributed by atoms with van der Waals surface area (Å²) in [6, 6.07) is 10.8. The van der Waals surface area contributed by atoms with Gasteiger partial charge < -0.3 is 15.0 Å². The van der Waals surface area contributed by atoms with Gasteiger partial charge >= 0.3 is 0 Å². The Morgan fingerprint density at radius 2 is 1.96 bits per heavy atom. The first-order valence-corrected chi connectivity index (χ1v) is 7.73. The minimum Gasteiger partial charge on any atom is -0.481 e. The van der Waals surface area contributed by atoms with E-state index in [1.165, 1.54) is 20.2 Å². The van der Waals surface area contributed by atoms with Crippen LogP contribution < -0.4 is 10.1 Å². The number of hydrogen-bond donors (Lipinski definition) is 1. The summed E-state index contributed by atoms with van der Waals surface area (Å²) in [7, 11) is 1.53. The van der Waals surface area contributed by atoms with Crippen molar-refractivity contribution in [2.45, 2.75) is 25.9 Å². The van der Waals surface area contributed by atoms with Gasteiger partial charge in [0, 0.05) is 26.0 Å². The summed E-state index contributed by atoms with van der Waals surface area (Å²) in [5.41, 5.74) is 2.76. The summed E-state index contributed by atoms with van der Waals surface area (Å²) < 4.78 is 5.00. The van der Waals surface area contributed by atoms with Gasteiger partial charge in [0.2, 0.25) is 17.7 Å². The fraction of sp³-hybridized carbons (Fsp3) is 0.278. The van der Waals surface area contributed by atoms with E-state index in [9.17, 15) is 9.59 Å². The normalized spacial score (nSPS) is 16.2. The van der Waals surface area contributed by atoms with E-state index in [-0.39, 0.29) is 11.8 Å². The van der Waals surface area contributed by atoms with Crippen LogP contribution in [0.15, 0.2) is 42.6 Å². The fourth-order valence-corrected chi connectivity index (χ4v) is 2.89. The third-order valence-corrected chi connectivity index (χ3v) is 4.17. The highest BCUT2D eigenvalue weighted by Gasteiger charge is 2.33. The predicted octanol–water partition coefficient (Wildman–Crippen LogP) is 2.00. The Morgan fingerprint density at radius 3 is 2.58 bits per heavy atom. The lowest BCUT2D eigenvalue weighted by molar-refractivity contribution is -0.138. The lowest BCUT2D eigenvalue weighted by Crippen LogP contribution is -2.49. The molecule has 0 saturated carbocycles. The number of amides is 2. The summed E-state index contributed by atoms with van der Waals surface area (Å²) >= 11 is 0. The van der Waals surface area contributed by atoms with Crippen molar-refractivity contribution in [3.05, 3.63) is 53.7 Å². The summed E-state index contributed by atoms with van der Waals surface area (Å²) in [5, 5.41) is 2.83. The minimum atomic E-state index is -0.528. The molecule has 1 aliphatic heterocycles. The fourth-order valence-electron chi connectivity index (χ4n) is 2.89. The van der Waals surface area contributed by atoms with Crippen LogP contribution in [0.25, 0.3) is 0 Å². The maximum absolute atomic E-state index is 12.7. The van der Waals surface area contributed by atoms with E-state index in [1.807, 2.05) is 24.3 Å². The predicted molar refractivity (Wildman–Crippen MR) is 89.6 cm³/mol. The molecule has 0 saturated heterocycles. The van der Waals surface area contributed by atoms with Crippen LogP contribution in [0.1, 0.15) is 18.1 Å². The lowest BCUT2D eigenvalue weighted by atomic mass is 9.93. The SMILES string of the molecule is COc1ccc(NC(=O)[C@H]2Cc3ccccc3CN2C(C)=O)cn1. The molecule has 1 N–H and O–H groups in total. The number of aromatic nitrogens is 1. The van der Waals surface area contributed by atoms with Crippen molar-refractivity contribution >= 4 is 17.5 Å². The van der Waals surface area contributed by atoms with E-state index in [0.717, 1.165) is 11.1 Å². The number of anilines is 1. The standard InChI is InChI=1S/C18H19N3O3/c1-12(22)21-11-14-6-4-3-5-13(14)9-16(21)18(23)20-15-7-8-17(24-2)19-10-15/h3-8,10,16H,9,11H2,1-2H3,(H,20,23)/t16-/m1/s1. The molecule has 0 bridgehead atoms. The Balaban J connectivity index is 1.80. The van der Waals surface area contributed by atoms with Crippen molar-refractivity contribution < 1.29 is 14.3 Å². The Bertz CT molecular complexity index is 758. The number of benzene rings is 1. The molecular weight excluding hydrogens is 306 g/mol. The van der Waals surface area contributed by atoms with E-state index in [1.54, 1.807) is 17.0 Å². The molecule has 6 nitrogen and oxygen atoms in total. The number of nitrogens with zero attached hydrogens (tertiary/aromatic N) is 2. The molecule has 1 atom stereocenters. The van der Waals surface area contributed by atoms with Crippen molar-refractivity contribution in [3.8, 4) is 5.88 Å². The third kappa shape index (κ3) is 3.22. The highest BCUT2D eigenvalue weighted by atomic mass is 16.5. The third-order valence-electron chi connectivity index (χ3n) is 4.17. The smallest absolute Gasteiger partial charge is 0.247 e. The number of carbonyl (C=O) groups excluding carboxylic acids is 2. The average Bonchev–Trinajstić information content (AvgIpc) is 2.61. The molecule has 0 fully saturated rings. The van der Waals surface area contributed by atoms with E-state index >= 15 is 0 Å². The Morgan fingerprint density at radius 1 is 1.21 bits per heavy atom. The molecule has 1 aliphatic rings. The monoisotopic (exact) mass is 325 g/mol. The Hall–Kier alpha value is -2.89. The van der Waals surface area contributed by atoms with Gasteiger partial charge in [0.1, 0.15) is 6.04 Å². The summed E-state index contributed by atoms with van der Waals surface area (Å²) in [5.74, 6) is 0.147. The molecule has 2 heterocycles. The van der Waals surface area contributed by atoms with Crippen molar-refractivity contribution in [2.75, 3.05) is 12.4 Å². The van der Waals surface area contributed by atoms with Gasteiger partial charge in [-0.3, -0.25) is 9.59 Å². The zero-order valence-corrected chi connectivity index (χ0v) is 13.7. The topological polar surface area (TPSA) is 71.5 Å². The second kappa shape index (κ2) is 6.70. The second-order valence-electron chi connectivity index (χ2n) is 5.71. The first-order valence-electron chi connectivity index (χ1n) is 7.73. The van der Waals surface area contributed by atoms with Crippen LogP contribution >= 0.6 is 0 Å². The molecule has 1 aromatic heterocycles. The van der Waals surface area contributed by atoms with Gasteiger partial charge in [0.25, 0.3) is 0 Å². The molecule has 2 amide bonds. The molecule has 6 heteroatoms. The van der Waals surface area contributed by atoms with E-state index in [2.05, 4.69) is 10.3 Å². The Kier molecular flexibility index (Phi) is 4.46. The molecule has 1 aromatic carbocycles. The van der Waals surface area contributed by atoms with Crippen molar-refractivity contribution in [2.24, 2.45) is 0 Å². The van der Waals surface area contributed by atoms with Crippen molar-refractivity contribution in [3.63, 3.8) is 0 Å². The maximum atomic E-state index is 12.7. The van der Waals surface area contributed by atoms with Gasteiger partial charge in [-0.15, -0.1) is 0 Å². The second-order valence-corrected chi connectivity index (χ2v) is 5.71. The largest absolute Gasteiger partial charge is 0.481 e. The molecule has 0 spiro atoms. The van der Waals surface area contributed by atoms with Crippen LogP contribution in [0, 0.1) is 0 Å². The molecule has 0 radical (unpaired) electrons. The zero-order chi connectivity index (χ0) is 17.1. The number of nitrogens with one attached hydrogen (secondary N) is 1. The summed E-state index contributed by atoms with van der Waals surface area (Å²) in [6.45, 7) is 1.94. The average molecular weight is 325 g/mol. The number of methoxy groups -OCH3 is 1. The van der Waals surface area contributed by atoms with Gasteiger partial charge in [0.05, 0.1) is 19.0 Å². The van der Waals surface area contributed by atoms with E-state index in [4.69, 9.17) is 4.74 Å². The van der Waals surface area contributed by atoms with Gasteiger partial charge in [0.15, 0.2) is 0 Å². The molecule has 3 rings (SSSR count). The van der Waals surface area contributed by atoms with E-state index in [0.29, 0.717) is 24.5 Å². The van der Waals surface area contributed by atoms with Crippen molar-refractivity contribution in [1.29, 1.82) is 0 Å². The molecule has 2 aromatic rings. The number of rotatable bonds is 3. The van der Waals surface area contributed by atoms with Crippen LogP contribution in [0.3, 0.4) is 0 Å². The van der Waals surface area contributed by atoms with Gasteiger partial charge in [-0.25, -0.2) is 4.98 Å². The summed E-state index contributed by atoms with van der Waals surface area (Å²) in [6.07, 6.45) is 2.04. The van der Waals surface area contributed by atoms with Crippen LogP contribution in [-0.4, -0.2) is 34.8 Å². The van der Waals surface area contributed by atoms with Gasteiger partial charge in [-0.05, 0) is 17.2 Å². The lowest BCUT2D eigenvalue weighted by Gasteiger charge is -2.35. The highest BCUT2D eigenvalue weighted by molar-refractivity contribution is 5.97. The molecule has 0 aliphatic carbocycles. The first-order chi connectivity index (χ1) is 11.6. The van der Waals surface area contributed by atoms with Gasteiger partial charge in [-0.1, -0.05) is 24.3 Å². The van der Waals surface area contributed by atoms with Crippen LogP contribution in [-0.2, 0) is 22.6 Å². The number of carbonyl (C=O) groups is 2. The number of ether oxygens (including phenoxy) is 1. The number of fused-ring (bicyclic) bond motifs is 1. The first kappa shape index (κ1) is 16.0. The zero-order valence-electron chi connectivity index (χ0n) is 13.7. The molecular formula is C18H19N3O3. The van der Waals surface area contributed by atoms with Gasteiger partial charge in [-0.2, -0.15) is 0 Å². The van der Waals surface area contributed by atoms with Crippen molar-refractivity contribution in [1.82, 2.24) is 9.88 Å². The molecule has 0 unspecified atom stereocenters.